The summed E-state index contributed by atoms with van der Waals surface area (Å²) in [5.41, 5.74) is 1.58. The molecule has 1 atom stereocenters. The Morgan fingerprint density at radius 2 is 2.04 bits per heavy atom. The number of carbonyl (C=O) groups excluding carboxylic acids is 1. The van der Waals surface area contributed by atoms with E-state index in [0.29, 0.717) is 18.8 Å². The van der Waals surface area contributed by atoms with Crippen molar-refractivity contribution in [3.05, 3.63) is 35.0 Å². The number of carbonyl (C=O) groups is 1. The van der Waals surface area contributed by atoms with E-state index in [2.05, 4.69) is 10.3 Å². The molecule has 0 saturated carbocycles. The van der Waals surface area contributed by atoms with E-state index in [1.807, 2.05) is 0 Å². The second-order valence-corrected chi connectivity index (χ2v) is 9.31. The summed E-state index contributed by atoms with van der Waals surface area (Å²) in [5.74, 6) is 0. The Hall–Kier alpha value is -1.93. The molecule has 0 aromatic carbocycles. The number of aryl methyl sites for hydroxylation is 1. The first-order valence-electron chi connectivity index (χ1n) is 8.18. The van der Waals surface area contributed by atoms with Gasteiger partial charge in [0.1, 0.15) is 5.60 Å². The zero-order valence-electron chi connectivity index (χ0n) is 14.9. The fraction of sp³-hybridized carbons (Fsp3) is 0.529. The minimum atomic E-state index is -3.85. The van der Waals surface area contributed by atoms with Crippen molar-refractivity contribution in [1.82, 2.24) is 15.2 Å². The lowest BCUT2D eigenvalue weighted by atomic mass is 10.2. The van der Waals surface area contributed by atoms with Gasteiger partial charge in [-0.05, 0) is 51.0 Å². The molecule has 25 heavy (non-hydrogen) atoms. The van der Waals surface area contributed by atoms with E-state index in [4.69, 9.17) is 4.74 Å². The van der Waals surface area contributed by atoms with Gasteiger partial charge in [0.05, 0.1) is 0 Å². The van der Waals surface area contributed by atoms with Gasteiger partial charge in [-0.3, -0.25) is 4.90 Å². The summed E-state index contributed by atoms with van der Waals surface area (Å²) in [7, 11) is -3.85. The van der Waals surface area contributed by atoms with Gasteiger partial charge in [0, 0.05) is 25.3 Å². The summed E-state index contributed by atoms with van der Waals surface area (Å²) < 4.78 is 31.9. The molecule has 2 aliphatic heterocycles. The van der Waals surface area contributed by atoms with Gasteiger partial charge in [-0.15, -0.1) is 0 Å². The van der Waals surface area contributed by atoms with Crippen LogP contribution in [0.4, 0.5) is 4.79 Å². The Morgan fingerprint density at radius 3 is 2.68 bits per heavy atom. The fourth-order valence-electron chi connectivity index (χ4n) is 3.11. The normalized spacial score (nSPS) is 20.8. The van der Waals surface area contributed by atoms with E-state index in [9.17, 15) is 13.2 Å². The Kier molecular flexibility index (Phi) is 4.36. The maximum Gasteiger partial charge on any atom is 0.411 e. The lowest BCUT2D eigenvalue weighted by Crippen LogP contribution is -2.46. The third kappa shape index (κ3) is 3.41. The van der Waals surface area contributed by atoms with E-state index in [1.165, 1.54) is 11.0 Å². The van der Waals surface area contributed by atoms with Crippen LogP contribution in [-0.2, 0) is 14.6 Å². The molecule has 8 heteroatoms. The van der Waals surface area contributed by atoms with Gasteiger partial charge in [-0.1, -0.05) is 6.07 Å². The van der Waals surface area contributed by atoms with Crippen LogP contribution in [0.2, 0.25) is 0 Å². The molecule has 1 unspecified atom stereocenters. The van der Waals surface area contributed by atoms with Crippen molar-refractivity contribution in [2.75, 3.05) is 19.6 Å². The number of aromatic nitrogens is 1. The summed E-state index contributed by atoms with van der Waals surface area (Å²) in [6.07, 6.45) is -0.622. The van der Waals surface area contributed by atoms with Crippen molar-refractivity contribution in [1.29, 1.82) is 0 Å². The predicted molar refractivity (Wildman–Crippen MR) is 92.8 cm³/mol. The molecule has 3 heterocycles. The molecule has 1 N–H and O–H groups in total. The smallest absolute Gasteiger partial charge is 0.411 e. The van der Waals surface area contributed by atoms with E-state index in [1.54, 1.807) is 39.8 Å². The monoisotopic (exact) mass is 365 g/mol. The van der Waals surface area contributed by atoms with Crippen LogP contribution in [0, 0.1) is 6.92 Å². The highest BCUT2D eigenvalue weighted by Crippen LogP contribution is 2.34. The molecule has 0 aliphatic carbocycles. The van der Waals surface area contributed by atoms with E-state index >= 15 is 0 Å². The highest BCUT2D eigenvalue weighted by molar-refractivity contribution is 7.92. The topological polar surface area (TPSA) is 88.6 Å². The molecule has 0 fully saturated rings. The van der Waals surface area contributed by atoms with Crippen molar-refractivity contribution in [3.8, 4) is 0 Å². The maximum absolute atomic E-state index is 13.2. The van der Waals surface area contributed by atoms with Crippen LogP contribution in [-0.4, -0.2) is 55.0 Å². The molecule has 0 saturated heterocycles. The zero-order chi connectivity index (χ0) is 18.4. The maximum atomic E-state index is 13.2. The number of sulfone groups is 1. The second-order valence-electron chi connectivity index (χ2n) is 7.36. The minimum absolute atomic E-state index is 0.0216. The lowest BCUT2D eigenvalue weighted by molar-refractivity contribution is 0.0274. The van der Waals surface area contributed by atoms with Gasteiger partial charge in [0.2, 0.25) is 9.84 Å². The van der Waals surface area contributed by atoms with Crippen LogP contribution < -0.4 is 5.32 Å². The van der Waals surface area contributed by atoms with Crippen molar-refractivity contribution in [2.24, 2.45) is 0 Å². The van der Waals surface area contributed by atoms with Crippen LogP contribution in [0.5, 0.6) is 0 Å². The van der Waals surface area contributed by atoms with Crippen molar-refractivity contribution in [3.63, 3.8) is 0 Å². The van der Waals surface area contributed by atoms with Gasteiger partial charge in [-0.2, -0.15) is 0 Å². The first-order chi connectivity index (χ1) is 11.6. The summed E-state index contributed by atoms with van der Waals surface area (Å²) >= 11 is 0. The van der Waals surface area contributed by atoms with Gasteiger partial charge >= 0.3 is 6.09 Å². The van der Waals surface area contributed by atoms with Gasteiger partial charge in [0.15, 0.2) is 10.4 Å². The van der Waals surface area contributed by atoms with Gasteiger partial charge < -0.3 is 10.1 Å². The lowest BCUT2D eigenvalue weighted by Gasteiger charge is -2.30. The summed E-state index contributed by atoms with van der Waals surface area (Å²) in [5, 5.41) is 2.07. The third-order valence-corrected chi connectivity index (χ3v) is 6.06. The quantitative estimate of drug-likeness (QED) is 0.802. The van der Waals surface area contributed by atoms with Crippen molar-refractivity contribution >= 4 is 15.9 Å². The number of hydrogen-bond acceptors (Lipinski definition) is 6. The average molecular weight is 365 g/mol. The number of ether oxygens (including phenoxy) is 1. The number of amides is 1. The van der Waals surface area contributed by atoms with Crippen LogP contribution in [0.15, 0.2) is 34.4 Å². The SMILES string of the molecule is Cc1cccc(S(=O)(=O)C2C3=C(CNC3)CN2C(=O)OC(C)(C)C)n1. The summed E-state index contributed by atoms with van der Waals surface area (Å²) in [6.45, 7) is 8.31. The predicted octanol–water partition coefficient (Wildman–Crippen LogP) is 1.64. The molecule has 1 aromatic rings. The molecular weight excluding hydrogens is 342 g/mol. The van der Waals surface area contributed by atoms with E-state index in [0.717, 1.165) is 11.1 Å². The van der Waals surface area contributed by atoms with Crippen molar-refractivity contribution < 1.29 is 17.9 Å². The fourth-order valence-corrected chi connectivity index (χ4v) is 5.00. The highest BCUT2D eigenvalue weighted by Gasteiger charge is 2.47. The number of nitrogens with one attached hydrogen (secondary N) is 1. The Balaban J connectivity index is 2.01. The molecule has 7 nitrogen and oxygen atoms in total. The standard InChI is InChI=1S/C17H23N3O4S/c1-11-6-5-7-14(19-11)25(22,23)15-13-9-18-8-12(13)10-20(15)16(21)24-17(2,3)4/h5-7,15,18H,8-10H2,1-4H3. The molecule has 2 aliphatic rings. The molecule has 1 aromatic heterocycles. The number of rotatable bonds is 2. The summed E-state index contributed by atoms with van der Waals surface area (Å²) in [6, 6.07) is 4.86. The Bertz CT molecular complexity index is 840. The Morgan fingerprint density at radius 1 is 1.32 bits per heavy atom. The van der Waals surface area contributed by atoms with Crippen molar-refractivity contribution in [2.45, 2.75) is 43.7 Å². The molecule has 0 spiro atoms. The summed E-state index contributed by atoms with van der Waals surface area (Å²) in [4.78, 5) is 18.1. The minimum Gasteiger partial charge on any atom is -0.444 e. The van der Waals surface area contributed by atoms with E-state index < -0.39 is 26.9 Å². The molecule has 0 radical (unpaired) electrons. The van der Waals surface area contributed by atoms with Gasteiger partial charge in [-0.25, -0.2) is 18.2 Å². The van der Waals surface area contributed by atoms with Crippen LogP contribution in [0.1, 0.15) is 26.5 Å². The number of pyridine rings is 1. The second kappa shape index (κ2) is 6.10. The van der Waals surface area contributed by atoms with Gasteiger partial charge in [0.25, 0.3) is 0 Å². The van der Waals surface area contributed by atoms with Crippen LogP contribution in [0.3, 0.4) is 0 Å². The van der Waals surface area contributed by atoms with Crippen LogP contribution >= 0.6 is 0 Å². The molecule has 0 bridgehead atoms. The molecule has 1 amide bonds. The zero-order valence-corrected chi connectivity index (χ0v) is 15.7. The molecule has 3 rings (SSSR count). The Labute approximate surface area is 148 Å². The highest BCUT2D eigenvalue weighted by atomic mass is 32.2. The van der Waals surface area contributed by atoms with E-state index in [-0.39, 0.29) is 11.6 Å². The first-order valence-corrected chi connectivity index (χ1v) is 9.73. The first kappa shape index (κ1) is 17.9. The number of nitrogens with zero attached hydrogens (tertiary/aromatic N) is 2. The molecule has 136 valence electrons. The molecular formula is C17H23N3O4S. The largest absolute Gasteiger partial charge is 0.444 e. The number of hydrogen-bond donors (Lipinski definition) is 1. The third-order valence-electron chi connectivity index (χ3n) is 4.13. The average Bonchev–Trinajstić information content (AvgIpc) is 3.05. The van der Waals surface area contributed by atoms with Crippen LogP contribution in [0.25, 0.3) is 0 Å².